The summed E-state index contributed by atoms with van der Waals surface area (Å²) in [4.78, 5) is 0. The molecule has 0 fully saturated rings. The first-order chi connectivity index (χ1) is 5.00. The first-order valence-electron chi connectivity index (χ1n) is 3.33. The molecule has 0 bridgehead atoms. The average molecular weight is 153 g/mol. The Bertz CT molecular complexity index is 109. The van der Waals surface area contributed by atoms with Gasteiger partial charge in [0.25, 0.3) is 0 Å². The van der Waals surface area contributed by atoms with E-state index in [0.717, 1.165) is 0 Å². The quantitative estimate of drug-likeness (QED) is 0.297. The van der Waals surface area contributed by atoms with Crippen LogP contribution in [0.2, 0.25) is 0 Å². The van der Waals surface area contributed by atoms with Crippen molar-refractivity contribution in [2.24, 2.45) is 0 Å². The lowest BCUT2D eigenvalue weighted by atomic mass is 10.1. The zero-order chi connectivity index (χ0) is 9.02. The molecule has 0 aliphatic carbocycles. The number of hydrogen-bond donors (Lipinski definition) is 5. The van der Waals surface area contributed by atoms with Gasteiger partial charge < -0.3 is 25.5 Å². The van der Waals surface area contributed by atoms with Crippen LogP contribution < -0.4 is 0 Å². The van der Waals surface area contributed by atoms with Crippen molar-refractivity contribution in [1.82, 2.24) is 0 Å². The van der Waals surface area contributed by atoms with E-state index in [1.165, 1.54) is 0 Å². The lowest BCUT2D eigenvalue weighted by Gasteiger charge is -2.19. The molecule has 0 aliphatic heterocycles. The molecule has 4 atom stereocenters. The van der Waals surface area contributed by atoms with Crippen LogP contribution >= 0.6 is 0 Å². The van der Waals surface area contributed by atoms with Crippen LogP contribution in [-0.4, -0.2) is 57.0 Å². The normalized spacial score (nSPS) is 24.7. The Hall–Kier alpha value is -0.200. The third-order valence-electron chi connectivity index (χ3n) is 1.08. The zero-order valence-electron chi connectivity index (χ0n) is 6.25. The van der Waals surface area contributed by atoms with Gasteiger partial charge in [0.2, 0.25) is 0 Å². The van der Waals surface area contributed by atoms with Crippen LogP contribution in [0, 0.1) is 0 Å². The van der Waals surface area contributed by atoms with Crippen molar-refractivity contribution in [3.63, 3.8) is 0 Å². The van der Waals surface area contributed by atoms with E-state index < -0.39 is 31.5 Å². The molecule has 0 aliphatic rings. The molecule has 5 heteroatoms. The summed E-state index contributed by atoms with van der Waals surface area (Å²) in [6.07, 6.45) is -5.00. The monoisotopic (exact) mass is 153 g/mol. The molecule has 0 aromatic heterocycles. The molecule has 0 amide bonds. The number of aliphatic hydroxyl groups excluding tert-OH is 5. The molecule has 10 heavy (non-hydrogen) atoms. The SMILES string of the molecule is [2H]C(O)[C@H](O)[C@@H](O)[C@H](O)CO. The second kappa shape index (κ2) is 4.59. The van der Waals surface area contributed by atoms with Crippen LogP contribution in [0.4, 0.5) is 0 Å². The van der Waals surface area contributed by atoms with Gasteiger partial charge in [-0.3, -0.25) is 0 Å². The van der Waals surface area contributed by atoms with Crippen molar-refractivity contribution in [2.75, 3.05) is 13.2 Å². The van der Waals surface area contributed by atoms with Crippen LogP contribution in [0.5, 0.6) is 0 Å². The summed E-state index contributed by atoms with van der Waals surface area (Å²) in [6.45, 7) is -2.61. The minimum atomic E-state index is -1.88. The fraction of sp³-hybridized carbons (Fsp3) is 1.00. The molecule has 62 valence electrons. The minimum Gasteiger partial charge on any atom is -0.394 e. The predicted octanol–water partition coefficient (Wildman–Crippen LogP) is -2.95. The van der Waals surface area contributed by atoms with Gasteiger partial charge in [-0.2, -0.15) is 0 Å². The molecule has 5 N–H and O–H groups in total. The highest BCUT2D eigenvalue weighted by atomic mass is 16.4. The second-order valence-electron chi connectivity index (χ2n) is 1.88. The molecule has 0 spiro atoms. The first kappa shape index (κ1) is 7.90. The maximum atomic E-state index is 8.82. The van der Waals surface area contributed by atoms with Crippen molar-refractivity contribution in [1.29, 1.82) is 0 Å². The van der Waals surface area contributed by atoms with E-state index >= 15 is 0 Å². The maximum Gasteiger partial charge on any atom is 0.110 e. The molecule has 0 aromatic carbocycles. The predicted molar refractivity (Wildman–Crippen MR) is 32.2 cm³/mol. The highest BCUT2D eigenvalue weighted by Gasteiger charge is 2.22. The van der Waals surface area contributed by atoms with E-state index in [9.17, 15) is 0 Å². The standard InChI is InChI=1S/C5H12O5/c6-1-3(8)5(10)4(9)2-7/h3-10H,1-2H2/t3-,4+,5+/i1D/t1?,3-,4+,5+/m0/s1. The number of rotatable bonds is 4. The highest BCUT2D eigenvalue weighted by molar-refractivity contribution is 4.73. The van der Waals surface area contributed by atoms with Gasteiger partial charge in [0, 0.05) is 0 Å². The van der Waals surface area contributed by atoms with Gasteiger partial charge in [-0.1, -0.05) is 0 Å². The molecular formula is C5H12O5. The molecule has 0 heterocycles. The van der Waals surface area contributed by atoms with E-state index in [0.29, 0.717) is 0 Å². The second-order valence-corrected chi connectivity index (χ2v) is 1.88. The Labute approximate surface area is 59.6 Å². The molecule has 0 aromatic rings. The van der Waals surface area contributed by atoms with E-state index in [4.69, 9.17) is 26.9 Å². The summed E-state index contributed by atoms with van der Waals surface area (Å²) < 4.78 is 6.54. The largest absolute Gasteiger partial charge is 0.394 e. The van der Waals surface area contributed by atoms with Crippen LogP contribution in [0.3, 0.4) is 0 Å². The van der Waals surface area contributed by atoms with Gasteiger partial charge in [-0.15, -0.1) is 0 Å². The summed E-state index contributed by atoms with van der Waals surface area (Å²) >= 11 is 0. The molecule has 0 rings (SSSR count). The summed E-state index contributed by atoms with van der Waals surface area (Å²) in [7, 11) is 0. The zero-order valence-corrected chi connectivity index (χ0v) is 5.25. The highest BCUT2D eigenvalue weighted by Crippen LogP contribution is 1.97. The molecule has 5 nitrogen and oxygen atoms in total. The van der Waals surface area contributed by atoms with E-state index in [1.807, 2.05) is 0 Å². The third-order valence-corrected chi connectivity index (χ3v) is 1.08. The van der Waals surface area contributed by atoms with Gasteiger partial charge in [0.15, 0.2) is 0 Å². The van der Waals surface area contributed by atoms with Gasteiger partial charge >= 0.3 is 0 Å². The fourth-order valence-corrected chi connectivity index (χ4v) is 0.424. The summed E-state index contributed by atoms with van der Waals surface area (Å²) in [5.74, 6) is 0. The average Bonchev–Trinajstić information content (AvgIpc) is 2.00. The van der Waals surface area contributed by atoms with Crippen LogP contribution in [0.25, 0.3) is 0 Å². The molecule has 1 unspecified atom stereocenters. The Morgan fingerprint density at radius 1 is 1.10 bits per heavy atom. The van der Waals surface area contributed by atoms with E-state index in [-0.39, 0.29) is 0 Å². The van der Waals surface area contributed by atoms with Gasteiger partial charge in [-0.05, 0) is 0 Å². The smallest absolute Gasteiger partial charge is 0.110 e. The van der Waals surface area contributed by atoms with Crippen molar-refractivity contribution in [3.8, 4) is 0 Å². The fourth-order valence-electron chi connectivity index (χ4n) is 0.424. The van der Waals surface area contributed by atoms with Crippen molar-refractivity contribution in [3.05, 3.63) is 0 Å². The van der Waals surface area contributed by atoms with Crippen molar-refractivity contribution < 1.29 is 26.9 Å². The summed E-state index contributed by atoms with van der Waals surface area (Å²) in [5, 5.41) is 42.9. The van der Waals surface area contributed by atoms with Crippen LogP contribution in [0.1, 0.15) is 1.37 Å². The lowest BCUT2D eigenvalue weighted by molar-refractivity contribution is -0.0900. The topological polar surface area (TPSA) is 101 Å². The lowest BCUT2D eigenvalue weighted by Crippen LogP contribution is -2.41. The van der Waals surface area contributed by atoms with E-state index in [2.05, 4.69) is 0 Å². The molecular weight excluding hydrogens is 140 g/mol. The third kappa shape index (κ3) is 2.59. The van der Waals surface area contributed by atoms with E-state index in [1.54, 1.807) is 0 Å². The maximum absolute atomic E-state index is 8.82. The van der Waals surface area contributed by atoms with Crippen LogP contribution in [-0.2, 0) is 0 Å². The first-order valence-corrected chi connectivity index (χ1v) is 2.76. The molecule has 0 saturated heterocycles. The van der Waals surface area contributed by atoms with Crippen LogP contribution in [0.15, 0.2) is 0 Å². The Balaban J connectivity index is 3.90. The molecule has 0 radical (unpaired) electrons. The summed E-state index contributed by atoms with van der Waals surface area (Å²) in [6, 6.07) is 0. The Morgan fingerprint density at radius 2 is 1.60 bits per heavy atom. The van der Waals surface area contributed by atoms with Crippen molar-refractivity contribution in [2.45, 2.75) is 18.3 Å². The summed E-state index contributed by atoms with van der Waals surface area (Å²) in [5.41, 5.74) is 0. The minimum absolute atomic E-state index is 0.731. The van der Waals surface area contributed by atoms with Crippen molar-refractivity contribution >= 4 is 0 Å². The number of aliphatic hydroxyl groups is 5. The van der Waals surface area contributed by atoms with Gasteiger partial charge in [0.05, 0.1) is 14.6 Å². The van der Waals surface area contributed by atoms with Gasteiger partial charge in [0.1, 0.15) is 18.3 Å². The Morgan fingerprint density at radius 3 is 1.90 bits per heavy atom. The Kier molecular flexibility index (Phi) is 3.63. The number of hydrogen-bond acceptors (Lipinski definition) is 5. The molecule has 0 saturated carbocycles. The van der Waals surface area contributed by atoms with Gasteiger partial charge in [-0.25, -0.2) is 0 Å².